The van der Waals surface area contributed by atoms with Gasteiger partial charge in [0.2, 0.25) is 0 Å². The Kier molecular flexibility index (Phi) is 13.1. The lowest BCUT2D eigenvalue weighted by atomic mass is 10.2. The lowest BCUT2D eigenvalue weighted by Gasteiger charge is -2.30. The Hall–Kier alpha value is -0.126. The lowest BCUT2D eigenvalue weighted by molar-refractivity contribution is 0.674. The SMILES string of the molecule is CCCCCCC=C[Si](C)(C)N[Si](C)(C)C=CCCCCCC. The minimum absolute atomic E-state index is 1.26. The third-order valence-corrected chi connectivity index (χ3v) is 11.5. The Morgan fingerprint density at radius 1 is 0.609 bits per heavy atom. The molecule has 23 heavy (non-hydrogen) atoms. The first-order valence-electron chi connectivity index (χ1n) is 9.97. The maximum atomic E-state index is 4.04. The fourth-order valence-corrected chi connectivity index (χ4v) is 11.9. The lowest BCUT2D eigenvalue weighted by Crippen LogP contribution is -2.57. The maximum absolute atomic E-state index is 4.04. The van der Waals surface area contributed by atoms with E-state index in [9.17, 15) is 0 Å². The van der Waals surface area contributed by atoms with Gasteiger partial charge < -0.3 is 4.65 Å². The van der Waals surface area contributed by atoms with Crippen LogP contribution in [0.4, 0.5) is 0 Å². The summed E-state index contributed by atoms with van der Waals surface area (Å²) in [7, 11) is -2.82. The summed E-state index contributed by atoms with van der Waals surface area (Å²) in [5, 5.41) is 0. The topological polar surface area (TPSA) is 12.0 Å². The van der Waals surface area contributed by atoms with Gasteiger partial charge >= 0.3 is 0 Å². The van der Waals surface area contributed by atoms with Gasteiger partial charge in [0, 0.05) is 0 Å². The minimum atomic E-state index is -1.41. The van der Waals surface area contributed by atoms with E-state index in [0.29, 0.717) is 0 Å². The third-order valence-electron chi connectivity index (χ3n) is 4.16. The van der Waals surface area contributed by atoms with Crippen LogP contribution >= 0.6 is 0 Å². The molecule has 0 atom stereocenters. The van der Waals surface area contributed by atoms with Crippen molar-refractivity contribution in [3.8, 4) is 0 Å². The van der Waals surface area contributed by atoms with Gasteiger partial charge in [0.25, 0.3) is 0 Å². The number of nitrogens with one attached hydrogen (secondary N) is 1. The molecular formula is C20H43NSi2. The second-order valence-electron chi connectivity index (χ2n) is 8.07. The normalized spacial score (nSPS) is 13.5. The van der Waals surface area contributed by atoms with Crippen LogP contribution in [-0.2, 0) is 0 Å². The first kappa shape index (κ1) is 22.9. The molecule has 0 saturated heterocycles. The second-order valence-corrected chi connectivity index (χ2v) is 16.6. The van der Waals surface area contributed by atoms with E-state index in [1.54, 1.807) is 0 Å². The Morgan fingerprint density at radius 2 is 1.00 bits per heavy atom. The highest BCUT2D eigenvalue weighted by Crippen LogP contribution is 2.11. The molecule has 0 aromatic heterocycles. The molecule has 0 saturated carbocycles. The van der Waals surface area contributed by atoms with E-state index in [4.69, 9.17) is 0 Å². The van der Waals surface area contributed by atoms with Gasteiger partial charge in [-0.3, -0.25) is 0 Å². The zero-order chi connectivity index (χ0) is 17.6. The van der Waals surface area contributed by atoms with E-state index in [-0.39, 0.29) is 0 Å². The van der Waals surface area contributed by atoms with Crippen LogP contribution < -0.4 is 4.65 Å². The average Bonchev–Trinajstić information content (AvgIpc) is 2.45. The van der Waals surface area contributed by atoms with E-state index in [1.165, 1.54) is 64.2 Å². The molecule has 0 fully saturated rings. The van der Waals surface area contributed by atoms with Gasteiger partial charge in [-0.15, -0.1) is 0 Å². The van der Waals surface area contributed by atoms with Crippen molar-refractivity contribution in [3.63, 3.8) is 0 Å². The summed E-state index contributed by atoms with van der Waals surface area (Å²) in [6.07, 6.45) is 18.3. The molecule has 0 spiro atoms. The van der Waals surface area contributed by atoms with Gasteiger partial charge in [-0.2, -0.15) is 0 Å². The van der Waals surface area contributed by atoms with Crippen LogP contribution in [0.3, 0.4) is 0 Å². The Balaban J connectivity index is 4.12. The maximum Gasteiger partial charge on any atom is 0.137 e. The fourth-order valence-electron chi connectivity index (χ4n) is 3.05. The summed E-state index contributed by atoms with van der Waals surface area (Å²) in [5.74, 6) is 0. The molecule has 0 unspecified atom stereocenters. The molecule has 0 amide bonds. The van der Waals surface area contributed by atoms with Crippen molar-refractivity contribution in [1.82, 2.24) is 4.65 Å². The molecule has 0 aliphatic carbocycles. The van der Waals surface area contributed by atoms with Gasteiger partial charge in [0.15, 0.2) is 0 Å². The molecular weight excluding hydrogens is 310 g/mol. The summed E-state index contributed by atoms with van der Waals surface area (Å²) in [5.41, 5.74) is 5.03. The van der Waals surface area contributed by atoms with Crippen LogP contribution in [0.25, 0.3) is 0 Å². The zero-order valence-electron chi connectivity index (χ0n) is 16.9. The van der Waals surface area contributed by atoms with E-state index in [0.717, 1.165) is 0 Å². The minimum Gasteiger partial charge on any atom is -0.353 e. The van der Waals surface area contributed by atoms with Crippen LogP contribution in [0.5, 0.6) is 0 Å². The number of unbranched alkanes of at least 4 members (excludes halogenated alkanes) is 8. The summed E-state index contributed by atoms with van der Waals surface area (Å²) in [6, 6.07) is 0. The smallest absolute Gasteiger partial charge is 0.137 e. The van der Waals surface area contributed by atoms with Gasteiger partial charge in [-0.25, -0.2) is 0 Å². The third kappa shape index (κ3) is 15.2. The van der Waals surface area contributed by atoms with Crippen molar-refractivity contribution in [2.24, 2.45) is 0 Å². The van der Waals surface area contributed by atoms with Gasteiger partial charge in [-0.05, 0) is 25.7 Å². The molecule has 1 N–H and O–H groups in total. The van der Waals surface area contributed by atoms with Gasteiger partial charge in [0.05, 0.1) is 0 Å². The predicted molar refractivity (Wildman–Crippen MR) is 114 cm³/mol. The van der Waals surface area contributed by atoms with Crippen molar-refractivity contribution in [2.45, 2.75) is 104 Å². The monoisotopic (exact) mass is 353 g/mol. The second kappa shape index (κ2) is 13.2. The molecule has 0 rings (SSSR count). The molecule has 1 nitrogen and oxygen atoms in total. The molecule has 0 aromatic carbocycles. The van der Waals surface area contributed by atoms with Crippen LogP contribution in [0.2, 0.25) is 26.2 Å². The highest BCUT2D eigenvalue weighted by Gasteiger charge is 2.26. The van der Waals surface area contributed by atoms with Crippen molar-refractivity contribution >= 4 is 16.5 Å². The summed E-state index contributed by atoms with van der Waals surface area (Å²) in [4.78, 5) is 0. The number of hydrogen-bond acceptors (Lipinski definition) is 1. The van der Waals surface area contributed by atoms with Crippen LogP contribution in [-0.4, -0.2) is 16.5 Å². The van der Waals surface area contributed by atoms with Crippen LogP contribution in [0.15, 0.2) is 23.6 Å². The van der Waals surface area contributed by atoms with E-state index in [2.05, 4.69) is 68.2 Å². The summed E-state index contributed by atoms with van der Waals surface area (Å²) >= 11 is 0. The number of allylic oxidation sites excluding steroid dienone is 2. The van der Waals surface area contributed by atoms with Crippen LogP contribution in [0, 0.1) is 0 Å². The van der Waals surface area contributed by atoms with E-state index < -0.39 is 16.5 Å². The molecule has 0 radical (unpaired) electrons. The van der Waals surface area contributed by atoms with E-state index in [1.807, 2.05) is 0 Å². The predicted octanol–water partition coefficient (Wildman–Crippen LogP) is 7.12. The van der Waals surface area contributed by atoms with Crippen molar-refractivity contribution in [2.75, 3.05) is 0 Å². The highest BCUT2D eigenvalue weighted by atomic mass is 28.4. The largest absolute Gasteiger partial charge is 0.353 e. The fraction of sp³-hybridized carbons (Fsp3) is 0.800. The van der Waals surface area contributed by atoms with E-state index >= 15 is 0 Å². The quantitative estimate of drug-likeness (QED) is 0.259. The zero-order valence-corrected chi connectivity index (χ0v) is 18.9. The molecule has 0 bridgehead atoms. The molecule has 0 aliphatic heterocycles. The van der Waals surface area contributed by atoms with Crippen molar-refractivity contribution in [1.29, 1.82) is 0 Å². The molecule has 0 heterocycles. The highest BCUT2D eigenvalue weighted by molar-refractivity contribution is 6.95. The Bertz CT molecular complexity index is 301. The molecule has 136 valence electrons. The molecule has 0 aromatic rings. The van der Waals surface area contributed by atoms with Gasteiger partial charge in [0.1, 0.15) is 16.5 Å². The molecule has 3 heteroatoms. The van der Waals surface area contributed by atoms with Gasteiger partial charge in [-0.1, -0.05) is 102 Å². The summed E-state index contributed by atoms with van der Waals surface area (Å²) < 4.78 is 4.04. The average molecular weight is 354 g/mol. The Morgan fingerprint density at radius 3 is 1.35 bits per heavy atom. The Labute approximate surface area is 149 Å². The van der Waals surface area contributed by atoms with Crippen LogP contribution in [0.1, 0.15) is 78.1 Å². The molecule has 0 aliphatic rings. The van der Waals surface area contributed by atoms with Crippen molar-refractivity contribution < 1.29 is 0 Å². The first-order valence-corrected chi connectivity index (χ1v) is 16.1. The number of rotatable bonds is 14. The summed E-state index contributed by atoms with van der Waals surface area (Å²) in [6.45, 7) is 14.3. The first-order chi connectivity index (χ1) is 10.8. The standard InChI is InChI=1S/C20H43NSi2/c1-7-9-11-13-15-17-19-22(3,4)21-23(5,6)20-18-16-14-12-10-8-2/h17-21H,7-16H2,1-6H3. The van der Waals surface area contributed by atoms with Crippen molar-refractivity contribution in [3.05, 3.63) is 23.6 Å². The number of hydrogen-bond donors (Lipinski definition) is 1.